The van der Waals surface area contributed by atoms with Gasteiger partial charge in [-0.05, 0) is 49.6 Å². The Morgan fingerprint density at radius 2 is 1.93 bits per heavy atom. The molecule has 0 fully saturated rings. The maximum atomic E-state index is 15.3. The number of nitrogens with one attached hydrogen (secondary N) is 1. The van der Waals surface area contributed by atoms with Crippen molar-refractivity contribution in [1.82, 2.24) is 34.8 Å². The number of ether oxygens (including phenoxy) is 2. The second kappa shape index (κ2) is 11.6. The van der Waals surface area contributed by atoms with Gasteiger partial charge in [-0.1, -0.05) is 23.4 Å². The molecular formula is C29H34FN7O3. The predicted octanol–water partition coefficient (Wildman–Crippen LogP) is 3.77. The molecule has 0 spiro atoms. The average molecular weight is 548 g/mol. The highest BCUT2D eigenvalue weighted by Crippen LogP contribution is 2.27. The number of imidazole rings is 1. The van der Waals surface area contributed by atoms with Gasteiger partial charge in [0, 0.05) is 51.1 Å². The van der Waals surface area contributed by atoms with Gasteiger partial charge in [0.1, 0.15) is 18.1 Å². The standard InChI is InChI=1S/C29H34FN7O3/c1-18(2)35-14-21-7-6-20(10-22(21)15-35)13-36-16-24(32-27(36)17-39-4)29(38)31-11-23-25(37-12-19(3)33-34-37)8-9-26(40-5)28(23)30/h6-10,12,16,18H,11,13-15,17H2,1-5H3,(H,31,38). The number of aromatic nitrogens is 5. The van der Waals surface area contributed by atoms with Gasteiger partial charge in [0.15, 0.2) is 11.6 Å². The van der Waals surface area contributed by atoms with E-state index in [1.165, 1.54) is 29.0 Å². The van der Waals surface area contributed by atoms with Crippen LogP contribution in [-0.4, -0.2) is 55.6 Å². The first-order valence-electron chi connectivity index (χ1n) is 13.2. The van der Waals surface area contributed by atoms with E-state index in [4.69, 9.17) is 9.47 Å². The van der Waals surface area contributed by atoms with Crippen LogP contribution in [0.3, 0.4) is 0 Å². The summed E-state index contributed by atoms with van der Waals surface area (Å²) in [5.41, 5.74) is 5.39. The van der Waals surface area contributed by atoms with Gasteiger partial charge >= 0.3 is 0 Å². The summed E-state index contributed by atoms with van der Waals surface area (Å²) in [5, 5.41) is 10.8. The molecule has 3 heterocycles. The molecule has 1 aliphatic rings. The van der Waals surface area contributed by atoms with E-state index in [2.05, 4.69) is 57.6 Å². The Kier molecular flexibility index (Phi) is 7.95. The Bertz CT molecular complexity index is 1530. The third kappa shape index (κ3) is 5.61. The van der Waals surface area contributed by atoms with Gasteiger partial charge in [0.2, 0.25) is 0 Å². The summed E-state index contributed by atoms with van der Waals surface area (Å²) in [6.45, 7) is 8.81. The van der Waals surface area contributed by atoms with Crippen molar-refractivity contribution in [2.45, 2.75) is 59.6 Å². The quantitative estimate of drug-likeness (QED) is 0.323. The molecule has 10 nitrogen and oxygen atoms in total. The van der Waals surface area contributed by atoms with E-state index in [0.29, 0.717) is 29.8 Å². The van der Waals surface area contributed by atoms with Crippen molar-refractivity contribution in [3.05, 3.63) is 88.0 Å². The van der Waals surface area contributed by atoms with Crippen LogP contribution in [0.5, 0.6) is 5.75 Å². The number of hydrogen-bond donors (Lipinski definition) is 1. The Hall–Kier alpha value is -4.09. The Morgan fingerprint density at radius 3 is 2.62 bits per heavy atom. The van der Waals surface area contributed by atoms with Gasteiger partial charge < -0.3 is 19.4 Å². The summed E-state index contributed by atoms with van der Waals surface area (Å²) in [6, 6.07) is 10.2. The van der Waals surface area contributed by atoms with Crippen LogP contribution >= 0.6 is 0 Å². The highest BCUT2D eigenvalue weighted by Gasteiger charge is 2.22. The highest BCUT2D eigenvalue weighted by atomic mass is 19.1. The van der Waals surface area contributed by atoms with Crippen molar-refractivity contribution in [3.63, 3.8) is 0 Å². The lowest BCUT2D eigenvalue weighted by molar-refractivity contribution is 0.0945. The van der Waals surface area contributed by atoms with E-state index in [-0.39, 0.29) is 30.2 Å². The number of aryl methyl sites for hydroxylation is 1. The van der Waals surface area contributed by atoms with E-state index < -0.39 is 11.7 Å². The average Bonchev–Trinajstić information content (AvgIpc) is 3.66. The number of hydrogen-bond acceptors (Lipinski definition) is 7. The van der Waals surface area contributed by atoms with Crippen molar-refractivity contribution < 1.29 is 18.7 Å². The topological polar surface area (TPSA) is 99.3 Å². The molecule has 1 N–H and O–H groups in total. The fourth-order valence-corrected chi connectivity index (χ4v) is 4.93. The minimum Gasteiger partial charge on any atom is -0.494 e. The number of methoxy groups -OCH3 is 2. The summed E-state index contributed by atoms with van der Waals surface area (Å²) >= 11 is 0. The molecule has 0 aliphatic carbocycles. The number of benzene rings is 2. The molecule has 11 heteroatoms. The number of nitrogens with zero attached hydrogens (tertiary/aromatic N) is 6. The van der Waals surface area contributed by atoms with Crippen molar-refractivity contribution in [1.29, 1.82) is 0 Å². The van der Waals surface area contributed by atoms with E-state index >= 15 is 4.39 Å². The molecule has 0 unspecified atom stereocenters. The second-order valence-electron chi connectivity index (χ2n) is 10.3. The SMILES string of the molecule is COCc1nc(C(=O)NCc2c(-n3cc(C)nn3)ccc(OC)c2F)cn1Cc1ccc2c(c1)CN(C(C)C)C2. The first kappa shape index (κ1) is 27.5. The molecule has 2 aromatic carbocycles. The fraction of sp³-hybridized carbons (Fsp3) is 0.379. The van der Waals surface area contributed by atoms with E-state index in [9.17, 15) is 4.79 Å². The van der Waals surface area contributed by atoms with Crippen LogP contribution in [0, 0.1) is 12.7 Å². The minimum absolute atomic E-state index is 0.0716. The molecule has 210 valence electrons. The van der Waals surface area contributed by atoms with E-state index in [0.717, 1.165) is 18.7 Å². The van der Waals surface area contributed by atoms with Gasteiger partial charge in [-0.15, -0.1) is 5.10 Å². The van der Waals surface area contributed by atoms with Gasteiger partial charge in [0.25, 0.3) is 5.91 Å². The molecule has 5 rings (SSSR count). The molecule has 40 heavy (non-hydrogen) atoms. The lowest BCUT2D eigenvalue weighted by atomic mass is 10.1. The van der Waals surface area contributed by atoms with E-state index in [1.54, 1.807) is 32.5 Å². The Labute approximate surface area is 232 Å². The molecule has 1 aliphatic heterocycles. The molecule has 0 saturated carbocycles. The lowest BCUT2D eigenvalue weighted by Gasteiger charge is -2.18. The Morgan fingerprint density at radius 1 is 1.12 bits per heavy atom. The van der Waals surface area contributed by atoms with Crippen LogP contribution in [0.1, 0.15) is 58.1 Å². The van der Waals surface area contributed by atoms with Gasteiger partial charge in [-0.2, -0.15) is 0 Å². The fourth-order valence-electron chi connectivity index (χ4n) is 4.93. The number of fused-ring (bicyclic) bond motifs is 1. The summed E-state index contributed by atoms with van der Waals surface area (Å²) in [5.74, 6) is -0.307. The number of halogens is 1. The van der Waals surface area contributed by atoms with Crippen LogP contribution in [0.2, 0.25) is 0 Å². The third-order valence-corrected chi connectivity index (χ3v) is 7.15. The zero-order chi connectivity index (χ0) is 28.4. The largest absolute Gasteiger partial charge is 0.494 e. The molecule has 0 bridgehead atoms. The van der Waals surface area contributed by atoms with Crippen molar-refractivity contribution in [2.75, 3.05) is 14.2 Å². The van der Waals surface area contributed by atoms with Gasteiger partial charge in [-0.25, -0.2) is 14.1 Å². The van der Waals surface area contributed by atoms with Crippen molar-refractivity contribution in [2.24, 2.45) is 0 Å². The number of amides is 1. The minimum atomic E-state index is -0.577. The maximum Gasteiger partial charge on any atom is 0.271 e. The van der Waals surface area contributed by atoms with E-state index in [1.807, 2.05) is 4.57 Å². The van der Waals surface area contributed by atoms with Gasteiger partial charge in [0.05, 0.1) is 24.7 Å². The smallest absolute Gasteiger partial charge is 0.271 e. The summed E-state index contributed by atoms with van der Waals surface area (Å²) in [6.07, 6.45) is 3.39. The molecule has 0 radical (unpaired) electrons. The second-order valence-corrected chi connectivity index (χ2v) is 10.3. The van der Waals surface area contributed by atoms with Crippen LogP contribution in [-0.2, 0) is 37.5 Å². The maximum absolute atomic E-state index is 15.3. The molecule has 2 aromatic heterocycles. The highest BCUT2D eigenvalue weighted by molar-refractivity contribution is 5.92. The van der Waals surface area contributed by atoms with Crippen LogP contribution in [0.4, 0.5) is 4.39 Å². The lowest BCUT2D eigenvalue weighted by Crippen LogP contribution is -2.25. The molecule has 0 atom stereocenters. The third-order valence-electron chi connectivity index (χ3n) is 7.15. The Balaban J connectivity index is 1.35. The van der Waals surface area contributed by atoms with Crippen LogP contribution in [0.25, 0.3) is 5.69 Å². The van der Waals surface area contributed by atoms with Crippen molar-refractivity contribution in [3.8, 4) is 11.4 Å². The molecule has 0 saturated heterocycles. The van der Waals surface area contributed by atoms with Crippen LogP contribution in [0.15, 0.2) is 42.7 Å². The number of rotatable bonds is 10. The predicted molar refractivity (Wildman–Crippen MR) is 147 cm³/mol. The zero-order valence-corrected chi connectivity index (χ0v) is 23.4. The molecule has 1 amide bonds. The first-order chi connectivity index (χ1) is 19.3. The zero-order valence-electron chi connectivity index (χ0n) is 23.4. The normalized spacial score (nSPS) is 13.2. The monoisotopic (exact) mass is 547 g/mol. The summed E-state index contributed by atoms with van der Waals surface area (Å²) in [4.78, 5) is 20.2. The number of carbonyl (C=O) groups excluding carboxylic acids is 1. The number of carbonyl (C=O) groups is 1. The molecule has 4 aromatic rings. The molecular weight excluding hydrogens is 513 g/mol. The summed E-state index contributed by atoms with van der Waals surface area (Å²) in [7, 11) is 2.99. The first-order valence-corrected chi connectivity index (χ1v) is 13.2. The van der Waals surface area contributed by atoms with Crippen LogP contribution < -0.4 is 10.1 Å². The van der Waals surface area contributed by atoms with Crippen molar-refractivity contribution >= 4 is 5.91 Å². The summed E-state index contributed by atoms with van der Waals surface area (Å²) < 4.78 is 29.2. The van der Waals surface area contributed by atoms with Gasteiger partial charge in [-0.3, -0.25) is 9.69 Å².